The monoisotopic (exact) mass is 283 g/mol. The summed E-state index contributed by atoms with van der Waals surface area (Å²) in [5, 5.41) is 3.01. The Morgan fingerprint density at radius 2 is 1.85 bits per heavy atom. The maximum absolute atomic E-state index is 12.0. The molecule has 5 nitrogen and oxygen atoms in total. The number of nitrogens with one attached hydrogen (secondary N) is 1. The van der Waals surface area contributed by atoms with Crippen molar-refractivity contribution in [3.63, 3.8) is 0 Å². The van der Waals surface area contributed by atoms with Crippen LogP contribution in [0.2, 0.25) is 0 Å². The molecule has 1 aliphatic rings. The highest BCUT2D eigenvalue weighted by Crippen LogP contribution is 2.18. The molecule has 1 aliphatic heterocycles. The van der Waals surface area contributed by atoms with Crippen LogP contribution >= 0.6 is 0 Å². The summed E-state index contributed by atoms with van der Waals surface area (Å²) < 4.78 is 0. The lowest BCUT2D eigenvalue weighted by Gasteiger charge is -2.32. The molecule has 5 heteroatoms. The van der Waals surface area contributed by atoms with Crippen LogP contribution in [0, 0.1) is 11.8 Å². The molecule has 1 fully saturated rings. The number of amides is 2. The molecule has 1 N–H and O–H groups in total. The van der Waals surface area contributed by atoms with Crippen LogP contribution in [0.25, 0.3) is 0 Å². The molecule has 0 saturated carbocycles. The summed E-state index contributed by atoms with van der Waals surface area (Å²) in [4.78, 5) is 27.9. The normalized spacial score (nSPS) is 16.8. The Kier molecular flexibility index (Phi) is 6.99. The van der Waals surface area contributed by atoms with Crippen molar-refractivity contribution in [2.75, 3.05) is 40.3 Å². The van der Waals surface area contributed by atoms with Crippen LogP contribution in [0.15, 0.2) is 0 Å². The van der Waals surface area contributed by atoms with Gasteiger partial charge in [0.2, 0.25) is 11.8 Å². The highest BCUT2D eigenvalue weighted by atomic mass is 16.2. The van der Waals surface area contributed by atoms with Crippen molar-refractivity contribution in [2.24, 2.45) is 11.8 Å². The van der Waals surface area contributed by atoms with E-state index in [1.165, 1.54) is 0 Å². The first-order chi connectivity index (χ1) is 9.41. The second kappa shape index (κ2) is 8.25. The molecule has 0 aromatic carbocycles. The maximum Gasteiger partial charge on any atom is 0.225 e. The van der Waals surface area contributed by atoms with Crippen LogP contribution in [-0.2, 0) is 9.59 Å². The van der Waals surface area contributed by atoms with Crippen LogP contribution in [0.5, 0.6) is 0 Å². The molecule has 0 spiro atoms. The van der Waals surface area contributed by atoms with E-state index in [0.29, 0.717) is 13.1 Å². The van der Waals surface area contributed by atoms with Crippen LogP contribution < -0.4 is 5.32 Å². The van der Waals surface area contributed by atoms with E-state index in [1.54, 1.807) is 0 Å². The molecule has 0 aromatic heterocycles. The number of carbonyl (C=O) groups is 2. The second-order valence-electron chi connectivity index (χ2n) is 6.20. The van der Waals surface area contributed by atoms with Crippen molar-refractivity contribution in [3.8, 4) is 0 Å². The van der Waals surface area contributed by atoms with Gasteiger partial charge in [-0.2, -0.15) is 0 Å². The van der Waals surface area contributed by atoms with Crippen molar-refractivity contribution in [2.45, 2.75) is 33.1 Å². The second-order valence-corrected chi connectivity index (χ2v) is 6.20. The number of hydrogen-bond acceptors (Lipinski definition) is 3. The topological polar surface area (TPSA) is 52.7 Å². The lowest BCUT2D eigenvalue weighted by molar-refractivity contribution is -0.138. The number of rotatable bonds is 6. The first kappa shape index (κ1) is 17.0. The first-order valence-corrected chi connectivity index (χ1v) is 7.63. The highest BCUT2D eigenvalue weighted by Gasteiger charge is 2.27. The molecule has 1 rings (SSSR count). The molecule has 0 bridgehead atoms. The minimum atomic E-state index is 0.0476. The van der Waals surface area contributed by atoms with Gasteiger partial charge < -0.3 is 15.1 Å². The van der Waals surface area contributed by atoms with Crippen LogP contribution in [-0.4, -0.2) is 61.9 Å². The molecule has 0 aliphatic carbocycles. The largest absolute Gasteiger partial charge is 0.356 e. The zero-order valence-corrected chi connectivity index (χ0v) is 13.3. The molecule has 20 heavy (non-hydrogen) atoms. The van der Waals surface area contributed by atoms with Gasteiger partial charge in [0, 0.05) is 31.5 Å². The zero-order chi connectivity index (χ0) is 15.1. The van der Waals surface area contributed by atoms with Crippen LogP contribution in [0.1, 0.15) is 33.1 Å². The average Bonchev–Trinajstić information content (AvgIpc) is 2.42. The zero-order valence-electron chi connectivity index (χ0n) is 13.3. The van der Waals surface area contributed by atoms with Gasteiger partial charge in [-0.1, -0.05) is 13.8 Å². The Hall–Kier alpha value is -1.10. The van der Waals surface area contributed by atoms with E-state index in [0.717, 1.165) is 32.4 Å². The fourth-order valence-corrected chi connectivity index (χ4v) is 2.48. The summed E-state index contributed by atoms with van der Waals surface area (Å²) in [5.41, 5.74) is 0. The summed E-state index contributed by atoms with van der Waals surface area (Å²) in [7, 11) is 4.06. The Balaban J connectivity index is 2.24. The molecule has 0 aromatic rings. The molecule has 0 unspecified atom stereocenters. The van der Waals surface area contributed by atoms with Gasteiger partial charge in [-0.3, -0.25) is 9.59 Å². The Labute approximate surface area is 122 Å². The lowest BCUT2D eigenvalue weighted by atomic mass is 9.95. The number of hydrogen-bond donors (Lipinski definition) is 1. The quantitative estimate of drug-likeness (QED) is 0.738. The summed E-state index contributed by atoms with van der Waals surface area (Å²) in [6.45, 7) is 7.00. The highest BCUT2D eigenvalue weighted by molar-refractivity contribution is 5.80. The molecule has 116 valence electrons. The van der Waals surface area contributed by atoms with Gasteiger partial charge in [0.15, 0.2) is 0 Å². The minimum Gasteiger partial charge on any atom is -0.356 e. The van der Waals surface area contributed by atoms with Gasteiger partial charge in [0.25, 0.3) is 0 Å². The number of likely N-dealkylation sites (tertiary alicyclic amines) is 1. The van der Waals surface area contributed by atoms with Crippen molar-refractivity contribution in [1.29, 1.82) is 0 Å². The third-order valence-corrected chi connectivity index (χ3v) is 3.75. The van der Waals surface area contributed by atoms with E-state index in [4.69, 9.17) is 0 Å². The number of piperidine rings is 1. The van der Waals surface area contributed by atoms with E-state index in [-0.39, 0.29) is 23.7 Å². The van der Waals surface area contributed by atoms with Crippen LogP contribution in [0.4, 0.5) is 0 Å². The molecular weight excluding hydrogens is 254 g/mol. The molecular formula is C15H29N3O2. The molecule has 2 amide bonds. The lowest BCUT2D eigenvalue weighted by Crippen LogP contribution is -2.44. The first-order valence-electron chi connectivity index (χ1n) is 7.63. The maximum atomic E-state index is 12.0. The summed E-state index contributed by atoms with van der Waals surface area (Å²) in [6, 6.07) is 0. The van der Waals surface area contributed by atoms with Gasteiger partial charge in [-0.05, 0) is 39.9 Å². The number of carbonyl (C=O) groups excluding carboxylic acids is 2. The van der Waals surface area contributed by atoms with E-state index in [2.05, 4.69) is 10.2 Å². The SMILES string of the molecule is CC(C)C(=O)N1CCC(C(=O)NCCCN(C)C)CC1. The van der Waals surface area contributed by atoms with Gasteiger partial charge in [-0.15, -0.1) is 0 Å². The summed E-state index contributed by atoms with van der Waals surface area (Å²) >= 11 is 0. The smallest absolute Gasteiger partial charge is 0.225 e. The fraction of sp³-hybridized carbons (Fsp3) is 0.867. The predicted molar refractivity (Wildman–Crippen MR) is 80.3 cm³/mol. The van der Waals surface area contributed by atoms with Gasteiger partial charge in [-0.25, -0.2) is 0 Å². The Morgan fingerprint density at radius 3 is 2.35 bits per heavy atom. The van der Waals surface area contributed by atoms with E-state index in [1.807, 2.05) is 32.8 Å². The van der Waals surface area contributed by atoms with E-state index in [9.17, 15) is 9.59 Å². The molecule has 1 heterocycles. The van der Waals surface area contributed by atoms with E-state index >= 15 is 0 Å². The predicted octanol–water partition coefficient (Wildman–Crippen LogP) is 0.949. The van der Waals surface area contributed by atoms with Crippen molar-refractivity contribution >= 4 is 11.8 Å². The van der Waals surface area contributed by atoms with Crippen molar-refractivity contribution < 1.29 is 9.59 Å². The molecule has 0 radical (unpaired) electrons. The third kappa shape index (κ3) is 5.49. The number of nitrogens with zero attached hydrogens (tertiary/aromatic N) is 2. The standard InChI is InChI=1S/C15H29N3O2/c1-12(2)15(20)18-10-6-13(7-11-18)14(19)16-8-5-9-17(3)4/h12-13H,5-11H2,1-4H3,(H,16,19). The fourth-order valence-electron chi connectivity index (χ4n) is 2.48. The van der Waals surface area contributed by atoms with E-state index < -0.39 is 0 Å². The third-order valence-electron chi connectivity index (χ3n) is 3.75. The van der Waals surface area contributed by atoms with Crippen molar-refractivity contribution in [3.05, 3.63) is 0 Å². The Morgan fingerprint density at radius 1 is 1.25 bits per heavy atom. The summed E-state index contributed by atoms with van der Waals surface area (Å²) in [6.07, 6.45) is 2.55. The van der Waals surface area contributed by atoms with Gasteiger partial charge >= 0.3 is 0 Å². The van der Waals surface area contributed by atoms with Gasteiger partial charge in [0.05, 0.1) is 0 Å². The van der Waals surface area contributed by atoms with Gasteiger partial charge in [0.1, 0.15) is 0 Å². The average molecular weight is 283 g/mol. The summed E-state index contributed by atoms with van der Waals surface area (Å²) in [5.74, 6) is 0.479. The van der Waals surface area contributed by atoms with Crippen LogP contribution in [0.3, 0.4) is 0 Å². The Bertz CT molecular complexity index is 321. The molecule has 1 saturated heterocycles. The molecule has 0 atom stereocenters. The minimum absolute atomic E-state index is 0.0476. The van der Waals surface area contributed by atoms with Crippen molar-refractivity contribution in [1.82, 2.24) is 15.1 Å².